The van der Waals surface area contributed by atoms with Crippen LogP contribution >= 0.6 is 0 Å². The first-order valence-electron chi connectivity index (χ1n) is 7.58. The number of rotatable bonds is 12. The van der Waals surface area contributed by atoms with Crippen LogP contribution in [0.1, 0.15) is 71.1 Å². The minimum absolute atomic E-state index is 0.142. The standard InChI is InChI=1S/C14H34N4/c1-2-3-7-12(10-11-14(17)18)8-5-4-6-9-13(15)16/h12-14H,2-11,15-18H2,1H3. The van der Waals surface area contributed by atoms with Crippen molar-refractivity contribution >= 4 is 0 Å². The molecule has 0 bridgehead atoms. The molecule has 0 radical (unpaired) electrons. The summed E-state index contributed by atoms with van der Waals surface area (Å²) in [6, 6.07) is 0. The van der Waals surface area contributed by atoms with Crippen molar-refractivity contribution in [2.24, 2.45) is 28.9 Å². The average Bonchev–Trinajstić information content (AvgIpc) is 2.30. The first kappa shape index (κ1) is 17.8. The lowest BCUT2D eigenvalue weighted by Crippen LogP contribution is -2.30. The maximum Gasteiger partial charge on any atom is 0.0520 e. The molecule has 0 aromatic carbocycles. The molecule has 1 atom stereocenters. The highest BCUT2D eigenvalue weighted by molar-refractivity contribution is 4.64. The smallest absolute Gasteiger partial charge is 0.0520 e. The van der Waals surface area contributed by atoms with E-state index in [1.54, 1.807) is 0 Å². The highest BCUT2D eigenvalue weighted by Gasteiger charge is 2.09. The summed E-state index contributed by atoms with van der Waals surface area (Å²) in [5, 5.41) is 0. The van der Waals surface area contributed by atoms with Gasteiger partial charge in [0.05, 0.1) is 12.3 Å². The molecule has 4 heteroatoms. The number of hydrogen-bond donors (Lipinski definition) is 4. The lowest BCUT2D eigenvalue weighted by Gasteiger charge is -2.17. The molecular formula is C14H34N4. The molecule has 0 fully saturated rings. The topological polar surface area (TPSA) is 104 Å². The fourth-order valence-electron chi connectivity index (χ4n) is 2.34. The van der Waals surface area contributed by atoms with Crippen LogP contribution in [0.4, 0.5) is 0 Å². The van der Waals surface area contributed by atoms with Gasteiger partial charge in [-0.2, -0.15) is 0 Å². The van der Waals surface area contributed by atoms with Crippen LogP contribution in [0.3, 0.4) is 0 Å². The Labute approximate surface area is 113 Å². The molecule has 0 spiro atoms. The molecule has 1 unspecified atom stereocenters. The lowest BCUT2D eigenvalue weighted by molar-refractivity contribution is 0.365. The van der Waals surface area contributed by atoms with Crippen molar-refractivity contribution in [1.82, 2.24) is 0 Å². The minimum Gasteiger partial charge on any atom is -0.316 e. The van der Waals surface area contributed by atoms with E-state index in [4.69, 9.17) is 22.9 Å². The fraction of sp³-hybridized carbons (Fsp3) is 1.00. The third-order valence-electron chi connectivity index (χ3n) is 3.52. The highest BCUT2D eigenvalue weighted by Crippen LogP contribution is 2.22. The van der Waals surface area contributed by atoms with Gasteiger partial charge in [-0.3, -0.25) is 0 Å². The summed E-state index contributed by atoms with van der Waals surface area (Å²) >= 11 is 0. The van der Waals surface area contributed by atoms with Crippen molar-refractivity contribution in [3.8, 4) is 0 Å². The molecule has 110 valence electrons. The number of unbranched alkanes of at least 4 members (excludes halogenated alkanes) is 3. The molecule has 0 amide bonds. The maximum absolute atomic E-state index is 5.63. The maximum atomic E-state index is 5.63. The van der Waals surface area contributed by atoms with Gasteiger partial charge in [0.15, 0.2) is 0 Å². The third kappa shape index (κ3) is 12.3. The molecule has 0 saturated carbocycles. The van der Waals surface area contributed by atoms with E-state index >= 15 is 0 Å². The lowest BCUT2D eigenvalue weighted by atomic mass is 9.90. The monoisotopic (exact) mass is 258 g/mol. The van der Waals surface area contributed by atoms with Crippen molar-refractivity contribution in [1.29, 1.82) is 0 Å². The van der Waals surface area contributed by atoms with Gasteiger partial charge in [-0.1, -0.05) is 51.9 Å². The Hall–Kier alpha value is -0.160. The first-order chi connectivity index (χ1) is 8.56. The predicted octanol–water partition coefficient (Wildman–Crippen LogP) is 2.01. The average molecular weight is 258 g/mol. The molecule has 0 heterocycles. The highest BCUT2D eigenvalue weighted by atomic mass is 14.8. The second-order valence-corrected chi connectivity index (χ2v) is 5.55. The summed E-state index contributed by atoms with van der Waals surface area (Å²) in [6.07, 6.45) is 11.6. The number of nitrogens with two attached hydrogens (primary N) is 4. The van der Waals surface area contributed by atoms with E-state index in [0.717, 1.165) is 25.2 Å². The van der Waals surface area contributed by atoms with Gasteiger partial charge in [-0.15, -0.1) is 0 Å². The van der Waals surface area contributed by atoms with Gasteiger partial charge in [0.25, 0.3) is 0 Å². The van der Waals surface area contributed by atoms with Crippen molar-refractivity contribution in [2.45, 2.75) is 83.5 Å². The van der Waals surface area contributed by atoms with Gasteiger partial charge >= 0.3 is 0 Å². The zero-order valence-electron chi connectivity index (χ0n) is 12.1. The molecule has 0 aromatic rings. The van der Waals surface area contributed by atoms with Crippen LogP contribution in [0.5, 0.6) is 0 Å². The summed E-state index contributed by atoms with van der Waals surface area (Å²) in [6.45, 7) is 2.24. The van der Waals surface area contributed by atoms with Crippen LogP contribution in [-0.2, 0) is 0 Å². The van der Waals surface area contributed by atoms with Crippen molar-refractivity contribution < 1.29 is 0 Å². The molecule has 0 saturated heterocycles. The van der Waals surface area contributed by atoms with Gasteiger partial charge in [-0.05, 0) is 25.2 Å². The Kier molecular flexibility index (Phi) is 11.8. The van der Waals surface area contributed by atoms with Crippen LogP contribution in [0, 0.1) is 5.92 Å². The molecule has 8 N–H and O–H groups in total. The Morgan fingerprint density at radius 1 is 0.611 bits per heavy atom. The van der Waals surface area contributed by atoms with E-state index in [9.17, 15) is 0 Å². The quantitative estimate of drug-likeness (QED) is 0.317. The predicted molar refractivity (Wildman–Crippen MR) is 79.7 cm³/mol. The minimum atomic E-state index is -0.149. The van der Waals surface area contributed by atoms with Crippen molar-refractivity contribution in [3.63, 3.8) is 0 Å². The largest absolute Gasteiger partial charge is 0.316 e. The van der Waals surface area contributed by atoms with Gasteiger partial charge in [-0.25, -0.2) is 0 Å². The fourth-order valence-corrected chi connectivity index (χ4v) is 2.34. The number of hydrogen-bond acceptors (Lipinski definition) is 4. The first-order valence-corrected chi connectivity index (χ1v) is 7.58. The summed E-state index contributed by atoms with van der Waals surface area (Å²) < 4.78 is 0. The second kappa shape index (κ2) is 11.9. The molecule has 4 nitrogen and oxygen atoms in total. The summed E-state index contributed by atoms with van der Waals surface area (Å²) in [7, 11) is 0. The molecule has 0 aliphatic rings. The molecule has 0 aliphatic carbocycles. The Balaban J connectivity index is 3.64. The normalized spacial score (nSPS) is 13.5. The van der Waals surface area contributed by atoms with E-state index in [0.29, 0.717) is 0 Å². The second-order valence-electron chi connectivity index (χ2n) is 5.55. The third-order valence-corrected chi connectivity index (χ3v) is 3.52. The van der Waals surface area contributed by atoms with E-state index in [1.807, 2.05) is 0 Å². The van der Waals surface area contributed by atoms with E-state index in [1.165, 1.54) is 44.9 Å². The summed E-state index contributed by atoms with van der Waals surface area (Å²) in [5.74, 6) is 0.797. The molecule has 18 heavy (non-hydrogen) atoms. The molecule has 0 rings (SSSR count). The SMILES string of the molecule is CCCCC(CCCCCC(N)N)CCC(N)N. The summed E-state index contributed by atoms with van der Waals surface area (Å²) in [5.41, 5.74) is 22.3. The van der Waals surface area contributed by atoms with Gasteiger partial charge in [0.1, 0.15) is 0 Å². The zero-order chi connectivity index (χ0) is 13.8. The van der Waals surface area contributed by atoms with Crippen LogP contribution in [-0.4, -0.2) is 12.3 Å². The van der Waals surface area contributed by atoms with Gasteiger partial charge in [0, 0.05) is 0 Å². The van der Waals surface area contributed by atoms with E-state index < -0.39 is 0 Å². The van der Waals surface area contributed by atoms with Gasteiger partial charge < -0.3 is 22.9 Å². The molecule has 0 aromatic heterocycles. The van der Waals surface area contributed by atoms with E-state index in [2.05, 4.69) is 6.92 Å². The Bertz CT molecular complexity index is 171. The van der Waals surface area contributed by atoms with Crippen LogP contribution in [0.25, 0.3) is 0 Å². The van der Waals surface area contributed by atoms with Crippen molar-refractivity contribution in [3.05, 3.63) is 0 Å². The summed E-state index contributed by atoms with van der Waals surface area (Å²) in [4.78, 5) is 0. The molecular weight excluding hydrogens is 224 g/mol. The Morgan fingerprint density at radius 3 is 1.72 bits per heavy atom. The van der Waals surface area contributed by atoms with Crippen LogP contribution in [0.2, 0.25) is 0 Å². The van der Waals surface area contributed by atoms with Gasteiger partial charge in [0.2, 0.25) is 0 Å². The molecule has 0 aliphatic heterocycles. The van der Waals surface area contributed by atoms with Crippen LogP contribution in [0.15, 0.2) is 0 Å². The van der Waals surface area contributed by atoms with Crippen LogP contribution < -0.4 is 22.9 Å². The van der Waals surface area contributed by atoms with E-state index in [-0.39, 0.29) is 12.3 Å². The van der Waals surface area contributed by atoms with Crippen molar-refractivity contribution in [2.75, 3.05) is 0 Å². The zero-order valence-corrected chi connectivity index (χ0v) is 12.1. The Morgan fingerprint density at radius 2 is 1.17 bits per heavy atom.